The molecule has 0 amide bonds. The van der Waals surface area contributed by atoms with E-state index in [2.05, 4.69) is 6.92 Å². The van der Waals surface area contributed by atoms with Crippen LogP contribution in [0.4, 0.5) is 0 Å². The highest BCUT2D eigenvalue weighted by atomic mass is 35.5. The lowest BCUT2D eigenvalue weighted by Crippen LogP contribution is -2.48. The summed E-state index contributed by atoms with van der Waals surface area (Å²) in [6.45, 7) is 6.73. The van der Waals surface area contributed by atoms with Gasteiger partial charge in [-0.2, -0.15) is 0 Å². The van der Waals surface area contributed by atoms with Crippen molar-refractivity contribution in [3.63, 3.8) is 0 Å². The molecule has 0 spiro atoms. The molecule has 18 heavy (non-hydrogen) atoms. The van der Waals surface area contributed by atoms with Crippen molar-refractivity contribution in [3.05, 3.63) is 33.8 Å². The van der Waals surface area contributed by atoms with Crippen LogP contribution in [0.3, 0.4) is 0 Å². The Labute approximate surface area is 119 Å². The molecule has 102 valence electrons. The molecule has 4 heteroatoms. The Balaban J connectivity index is 2.89. The van der Waals surface area contributed by atoms with Gasteiger partial charge in [-0.25, -0.2) is 0 Å². The van der Waals surface area contributed by atoms with Gasteiger partial charge in [0.15, 0.2) is 0 Å². The molecule has 2 unspecified atom stereocenters. The van der Waals surface area contributed by atoms with Crippen LogP contribution >= 0.6 is 23.2 Å². The largest absolute Gasteiger partial charge is 0.374 e. The summed E-state index contributed by atoms with van der Waals surface area (Å²) < 4.78 is 5.78. The van der Waals surface area contributed by atoms with Crippen molar-refractivity contribution in [2.45, 2.75) is 45.3 Å². The smallest absolute Gasteiger partial charge is 0.0805 e. The number of ether oxygens (including phenoxy) is 1. The predicted octanol–water partition coefficient (Wildman–Crippen LogP) is 4.07. The molecule has 2 atom stereocenters. The first-order chi connectivity index (χ1) is 8.44. The first-order valence-electron chi connectivity index (χ1n) is 6.27. The molecule has 0 bridgehead atoms. The standard InChI is InChI=1S/C14H21Cl2NO/c1-4-14(3,18-5-2)13(17)9-10-11(15)7-6-8-12(10)16/h6-8,13H,4-5,9,17H2,1-3H3. The highest BCUT2D eigenvalue weighted by Gasteiger charge is 2.31. The van der Waals surface area contributed by atoms with Gasteiger partial charge in [-0.05, 0) is 44.4 Å². The van der Waals surface area contributed by atoms with E-state index in [4.69, 9.17) is 33.7 Å². The molecule has 0 heterocycles. The fourth-order valence-electron chi connectivity index (χ4n) is 1.96. The summed E-state index contributed by atoms with van der Waals surface area (Å²) in [5.74, 6) is 0. The SMILES string of the molecule is CCOC(C)(CC)C(N)Cc1c(Cl)cccc1Cl. The van der Waals surface area contributed by atoms with Gasteiger partial charge in [-0.15, -0.1) is 0 Å². The highest BCUT2D eigenvalue weighted by molar-refractivity contribution is 6.36. The third-order valence-corrected chi connectivity index (χ3v) is 4.15. The van der Waals surface area contributed by atoms with Gasteiger partial charge in [0.1, 0.15) is 0 Å². The van der Waals surface area contributed by atoms with Crippen molar-refractivity contribution >= 4 is 23.2 Å². The monoisotopic (exact) mass is 289 g/mol. The molecular weight excluding hydrogens is 269 g/mol. The topological polar surface area (TPSA) is 35.2 Å². The van der Waals surface area contributed by atoms with Gasteiger partial charge in [0.25, 0.3) is 0 Å². The zero-order valence-electron chi connectivity index (χ0n) is 11.2. The van der Waals surface area contributed by atoms with Crippen LogP contribution in [0.1, 0.15) is 32.8 Å². The van der Waals surface area contributed by atoms with Gasteiger partial charge < -0.3 is 10.5 Å². The minimum atomic E-state index is -0.350. The zero-order chi connectivity index (χ0) is 13.8. The lowest BCUT2D eigenvalue weighted by molar-refractivity contribution is -0.0461. The van der Waals surface area contributed by atoms with Crippen molar-refractivity contribution in [2.24, 2.45) is 5.73 Å². The zero-order valence-corrected chi connectivity index (χ0v) is 12.7. The van der Waals surface area contributed by atoms with Crippen molar-refractivity contribution in [1.82, 2.24) is 0 Å². The molecule has 0 fully saturated rings. The molecule has 0 saturated carbocycles. The number of nitrogens with two attached hydrogens (primary N) is 1. The Morgan fingerprint density at radius 3 is 2.28 bits per heavy atom. The van der Waals surface area contributed by atoms with E-state index in [0.717, 1.165) is 12.0 Å². The van der Waals surface area contributed by atoms with E-state index in [1.54, 1.807) is 0 Å². The molecule has 0 aliphatic carbocycles. The van der Waals surface area contributed by atoms with Crippen LogP contribution in [-0.4, -0.2) is 18.2 Å². The van der Waals surface area contributed by atoms with Crippen molar-refractivity contribution < 1.29 is 4.74 Å². The van der Waals surface area contributed by atoms with Crippen molar-refractivity contribution in [2.75, 3.05) is 6.61 Å². The minimum absolute atomic E-state index is 0.139. The summed E-state index contributed by atoms with van der Waals surface area (Å²) in [5, 5.41) is 1.32. The number of halogens is 2. The van der Waals surface area contributed by atoms with Gasteiger partial charge in [0.05, 0.1) is 5.60 Å². The van der Waals surface area contributed by atoms with E-state index in [1.165, 1.54) is 0 Å². The second-order valence-corrected chi connectivity index (χ2v) is 5.42. The van der Waals surface area contributed by atoms with Gasteiger partial charge in [-0.1, -0.05) is 36.2 Å². The maximum absolute atomic E-state index is 6.28. The number of hydrogen-bond donors (Lipinski definition) is 1. The van der Waals surface area contributed by atoms with E-state index in [9.17, 15) is 0 Å². The average molecular weight is 290 g/mol. The maximum Gasteiger partial charge on any atom is 0.0805 e. The molecule has 0 aliphatic heterocycles. The Morgan fingerprint density at radius 2 is 1.83 bits per heavy atom. The van der Waals surface area contributed by atoms with Crippen LogP contribution in [0.25, 0.3) is 0 Å². The van der Waals surface area contributed by atoms with Crippen molar-refractivity contribution in [3.8, 4) is 0 Å². The lowest BCUT2D eigenvalue weighted by Gasteiger charge is -2.34. The normalized spacial score (nSPS) is 16.3. The van der Waals surface area contributed by atoms with Crippen LogP contribution in [-0.2, 0) is 11.2 Å². The average Bonchev–Trinajstić information content (AvgIpc) is 2.34. The summed E-state index contributed by atoms with van der Waals surface area (Å²) in [6, 6.07) is 5.36. The van der Waals surface area contributed by atoms with E-state index < -0.39 is 0 Å². The Hall–Kier alpha value is -0.280. The van der Waals surface area contributed by atoms with E-state index in [0.29, 0.717) is 23.1 Å². The summed E-state index contributed by atoms with van der Waals surface area (Å²) in [7, 11) is 0. The van der Waals surface area contributed by atoms with Gasteiger partial charge in [0, 0.05) is 22.7 Å². The van der Waals surface area contributed by atoms with E-state index in [-0.39, 0.29) is 11.6 Å². The van der Waals surface area contributed by atoms with Crippen molar-refractivity contribution in [1.29, 1.82) is 0 Å². The molecule has 0 aliphatic rings. The highest BCUT2D eigenvalue weighted by Crippen LogP contribution is 2.29. The third-order valence-electron chi connectivity index (χ3n) is 3.45. The second kappa shape index (κ2) is 6.76. The number of rotatable bonds is 6. The molecule has 2 nitrogen and oxygen atoms in total. The number of hydrogen-bond acceptors (Lipinski definition) is 2. The quantitative estimate of drug-likeness (QED) is 0.857. The molecule has 0 saturated heterocycles. The molecule has 0 radical (unpaired) electrons. The molecule has 2 N–H and O–H groups in total. The fraction of sp³-hybridized carbons (Fsp3) is 0.571. The molecule has 1 aromatic carbocycles. The molecular formula is C14H21Cl2NO. The first kappa shape index (κ1) is 15.8. The van der Waals surface area contributed by atoms with Gasteiger partial charge in [0.2, 0.25) is 0 Å². The van der Waals surface area contributed by atoms with Gasteiger partial charge >= 0.3 is 0 Å². The second-order valence-electron chi connectivity index (χ2n) is 4.61. The van der Waals surface area contributed by atoms with Crippen LogP contribution in [0.15, 0.2) is 18.2 Å². The third kappa shape index (κ3) is 3.61. The molecule has 0 aromatic heterocycles. The molecule has 1 aromatic rings. The first-order valence-corrected chi connectivity index (χ1v) is 7.02. The van der Waals surface area contributed by atoms with Crippen LogP contribution < -0.4 is 5.73 Å². The van der Waals surface area contributed by atoms with E-state index >= 15 is 0 Å². The number of benzene rings is 1. The van der Waals surface area contributed by atoms with Crippen LogP contribution in [0.2, 0.25) is 10.0 Å². The maximum atomic E-state index is 6.28. The van der Waals surface area contributed by atoms with Crippen LogP contribution in [0.5, 0.6) is 0 Å². The predicted molar refractivity (Wildman–Crippen MR) is 78.5 cm³/mol. The Bertz CT molecular complexity index is 377. The Kier molecular flexibility index (Phi) is 5.93. The molecule has 1 rings (SSSR count). The Morgan fingerprint density at radius 1 is 1.28 bits per heavy atom. The summed E-state index contributed by atoms with van der Waals surface area (Å²) in [4.78, 5) is 0. The minimum Gasteiger partial charge on any atom is -0.374 e. The summed E-state index contributed by atoms with van der Waals surface area (Å²) in [5.41, 5.74) is 6.82. The fourth-order valence-corrected chi connectivity index (χ4v) is 2.52. The van der Waals surface area contributed by atoms with Crippen LogP contribution in [0, 0.1) is 0 Å². The van der Waals surface area contributed by atoms with E-state index in [1.807, 2.05) is 32.0 Å². The van der Waals surface area contributed by atoms with Gasteiger partial charge in [-0.3, -0.25) is 0 Å². The summed E-state index contributed by atoms with van der Waals surface area (Å²) in [6.07, 6.45) is 1.47. The summed E-state index contributed by atoms with van der Waals surface area (Å²) >= 11 is 12.3. The lowest BCUT2D eigenvalue weighted by atomic mass is 9.89.